The molecule has 0 saturated heterocycles. The SMILES string of the molecule is NC(=O)c1ccc(C2=C3c4ncnc(N)c4SC3C=CC=C2)cc1. The van der Waals surface area contributed by atoms with E-state index in [2.05, 4.69) is 22.1 Å². The van der Waals surface area contributed by atoms with E-state index in [1.807, 2.05) is 24.3 Å². The number of nitrogen functional groups attached to an aromatic ring is 1. The van der Waals surface area contributed by atoms with Gasteiger partial charge in [0.15, 0.2) is 0 Å². The van der Waals surface area contributed by atoms with Crippen molar-refractivity contribution in [2.24, 2.45) is 5.73 Å². The fourth-order valence-corrected chi connectivity index (χ4v) is 4.13. The Labute approximate surface area is 143 Å². The van der Waals surface area contributed by atoms with Crippen molar-refractivity contribution in [3.05, 3.63) is 71.7 Å². The number of carbonyl (C=O) groups is 1. The summed E-state index contributed by atoms with van der Waals surface area (Å²) in [6.07, 6.45) is 9.71. The molecule has 0 fully saturated rings. The summed E-state index contributed by atoms with van der Waals surface area (Å²) in [6, 6.07) is 7.29. The van der Waals surface area contributed by atoms with Gasteiger partial charge in [-0.3, -0.25) is 4.79 Å². The van der Waals surface area contributed by atoms with Gasteiger partial charge in [-0.1, -0.05) is 36.4 Å². The molecular formula is C18H14N4OS. The van der Waals surface area contributed by atoms with Crippen LogP contribution in [0.25, 0.3) is 11.1 Å². The van der Waals surface area contributed by atoms with Gasteiger partial charge >= 0.3 is 0 Å². The molecule has 118 valence electrons. The molecule has 0 spiro atoms. The molecule has 0 bridgehead atoms. The third kappa shape index (κ3) is 2.32. The maximum absolute atomic E-state index is 11.3. The normalized spacial score (nSPS) is 18.2. The largest absolute Gasteiger partial charge is 0.383 e. The molecule has 1 aliphatic carbocycles. The van der Waals surface area contributed by atoms with Crippen LogP contribution in [0.15, 0.2) is 59.8 Å². The molecule has 0 saturated carbocycles. The second-order valence-corrected chi connectivity index (χ2v) is 6.64. The Morgan fingerprint density at radius 3 is 2.67 bits per heavy atom. The zero-order valence-electron chi connectivity index (χ0n) is 12.6. The Hall–Kier alpha value is -2.86. The Kier molecular flexibility index (Phi) is 3.46. The summed E-state index contributed by atoms with van der Waals surface area (Å²) >= 11 is 1.66. The highest BCUT2D eigenvalue weighted by Gasteiger charge is 2.32. The molecule has 4 rings (SSSR count). The first-order valence-electron chi connectivity index (χ1n) is 7.42. The number of allylic oxidation sites excluding steroid dienone is 4. The highest BCUT2D eigenvalue weighted by molar-refractivity contribution is 8.01. The summed E-state index contributed by atoms with van der Waals surface area (Å²) in [5.74, 6) is 0.0730. The number of aromatic nitrogens is 2. The molecule has 4 N–H and O–H groups in total. The van der Waals surface area contributed by atoms with Crippen molar-refractivity contribution in [2.75, 3.05) is 5.73 Å². The molecule has 2 aliphatic rings. The van der Waals surface area contributed by atoms with E-state index in [-0.39, 0.29) is 5.25 Å². The number of carbonyl (C=O) groups excluding carboxylic acids is 1. The van der Waals surface area contributed by atoms with Gasteiger partial charge in [-0.2, -0.15) is 0 Å². The predicted octanol–water partition coefficient (Wildman–Crippen LogP) is 2.67. The third-order valence-corrected chi connectivity index (χ3v) is 5.33. The Bertz CT molecular complexity index is 929. The monoisotopic (exact) mass is 334 g/mol. The van der Waals surface area contributed by atoms with Gasteiger partial charge in [0.2, 0.25) is 5.91 Å². The van der Waals surface area contributed by atoms with E-state index in [4.69, 9.17) is 11.5 Å². The van der Waals surface area contributed by atoms with Crippen LogP contribution in [0.5, 0.6) is 0 Å². The molecule has 6 heteroatoms. The van der Waals surface area contributed by atoms with Gasteiger partial charge in [0.05, 0.1) is 15.8 Å². The number of nitrogens with two attached hydrogens (primary N) is 2. The second-order valence-electron chi connectivity index (χ2n) is 5.49. The van der Waals surface area contributed by atoms with E-state index in [1.165, 1.54) is 6.33 Å². The number of benzene rings is 1. The lowest BCUT2D eigenvalue weighted by atomic mass is 9.95. The molecule has 24 heavy (non-hydrogen) atoms. The highest BCUT2D eigenvalue weighted by atomic mass is 32.2. The molecule has 5 nitrogen and oxygen atoms in total. The van der Waals surface area contributed by atoms with Crippen molar-refractivity contribution >= 4 is 34.6 Å². The molecular weight excluding hydrogens is 320 g/mol. The van der Waals surface area contributed by atoms with Crippen LogP contribution in [-0.2, 0) is 0 Å². The zero-order chi connectivity index (χ0) is 16.7. The van der Waals surface area contributed by atoms with Crippen molar-refractivity contribution in [2.45, 2.75) is 10.1 Å². The lowest BCUT2D eigenvalue weighted by Crippen LogP contribution is -2.10. The predicted molar refractivity (Wildman–Crippen MR) is 96.1 cm³/mol. The van der Waals surface area contributed by atoms with Gasteiger partial charge in [0, 0.05) is 11.1 Å². The number of rotatable bonds is 2. The van der Waals surface area contributed by atoms with Crippen molar-refractivity contribution in [3.8, 4) is 0 Å². The van der Waals surface area contributed by atoms with E-state index in [1.54, 1.807) is 23.9 Å². The number of primary amides is 1. The first kappa shape index (κ1) is 14.7. The first-order chi connectivity index (χ1) is 11.6. The van der Waals surface area contributed by atoms with Crippen LogP contribution in [0.4, 0.5) is 5.82 Å². The van der Waals surface area contributed by atoms with Crippen LogP contribution in [0, 0.1) is 0 Å². The van der Waals surface area contributed by atoms with Gasteiger partial charge < -0.3 is 11.5 Å². The number of hydrogen-bond donors (Lipinski definition) is 2. The topological polar surface area (TPSA) is 94.9 Å². The van der Waals surface area contributed by atoms with Crippen LogP contribution in [-0.4, -0.2) is 21.1 Å². The zero-order valence-corrected chi connectivity index (χ0v) is 13.5. The van der Waals surface area contributed by atoms with E-state index in [0.717, 1.165) is 27.3 Å². The van der Waals surface area contributed by atoms with Crippen LogP contribution >= 0.6 is 11.8 Å². The molecule has 1 aromatic heterocycles. The summed E-state index contributed by atoms with van der Waals surface area (Å²) in [7, 11) is 0. The first-order valence-corrected chi connectivity index (χ1v) is 8.30. The van der Waals surface area contributed by atoms with Crippen LogP contribution < -0.4 is 11.5 Å². The molecule has 2 heterocycles. The number of thioether (sulfide) groups is 1. The van der Waals surface area contributed by atoms with Crippen molar-refractivity contribution in [3.63, 3.8) is 0 Å². The van der Waals surface area contributed by atoms with E-state index in [9.17, 15) is 4.79 Å². The minimum absolute atomic E-state index is 0.139. The minimum Gasteiger partial charge on any atom is -0.383 e. The Morgan fingerprint density at radius 2 is 1.92 bits per heavy atom. The van der Waals surface area contributed by atoms with E-state index < -0.39 is 5.91 Å². The summed E-state index contributed by atoms with van der Waals surface area (Å²) in [6.45, 7) is 0. The minimum atomic E-state index is -0.433. The second kappa shape index (κ2) is 5.65. The van der Waals surface area contributed by atoms with E-state index >= 15 is 0 Å². The van der Waals surface area contributed by atoms with Crippen molar-refractivity contribution in [1.82, 2.24) is 9.97 Å². The smallest absolute Gasteiger partial charge is 0.248 e. The van der Waals surface area contributed by atoms with E-state index in [0.29, 0.717) is 11.4 Å². The average Bonchev–Trinajstić information content (AvgIpc) is 2.82. The van der Waals surface area contributed by atoms with Gasteiger partial charge in [0.1, 0.15) is 12.1 Å². The molecule has 2 aromatic rings. The molecule has 1 amide bonds. The quantitative estimate of drug-likeness (QED) is 0.880. The number of fused-ring (bicyclic) bond motifs is 3. The van der Waals surface area contributed by atoms with Crippen molar-refractivity contribution in [1.29, 1.82) is 0 Å². The average molecular weight is 334 g/mol. The van der Waals surface area contributed by atoms with Crippen LogP contribution in [0.3, 0.4) is 0 Å². The standard InChI is InChI=1S/C18H14N4OS/c19-17-16-15(21-9-22-17)14-12(3-1-2-4-13(14)24-16)10-5-7-11(8-6-10)18(20)23/h1-9,13H,(H2,20,23)(H2,19,21,22). The summed E-state index contributed by atoms with van der Waals surface area (Å²) in [4.78, 5) is 20.7. The van der Waals surface area contributed by atoms with Gasteiger partial charge in [-0.25, -0.2) is 9.97 Å². The maximum atomic E-state index is 11.3. The Balaban J connectivity index is 1.91. The maximum Gasteiger partial charge on any atom is 0.248 e. The molecule has 1 atom stereocenters. The molecule has 1 aromatic carbocycles. The van der Waals surface area contributed by atoms with Gasteiger partial charge in [-0.05, 0) is 23.3 Å². The van der Waals surface area contributed by atoms with Gasteiger partial charge in [0.25, 0.3) is 0 Å². The van der Waals surface area contributed by atoms with Crippen molar-refractivity contribution < 1.29 is 4.79 Å². The fourth-order valence-electron chi connectivity index (χ4n) is 2.90. The molecule has 1 aliphatic heterocycles. The van der Waals surface area contributed by atoms with Crippen LogP contribution in [0.2, 0.25) is 0 Å². The number of amides is 1. The summed E-state index contributed by atoms with van der Waals surface area (Å²) in [5, 5.41) is 0.139. The van der Waals surface area contributed by atoms with Crippen LogP contribution in [0.1, 0.15) is 21.6 Å². The van der Waals surface area contributed by atoms with Gasteiger partial charge in [-0.15, -0.1) is 11.8 Å². The third-order valence-electron chi connectivity index (χ3n) is 4.05. The number of hydrogen-bond acceptors (Lipinski definition) is 5. The number of nitrogens with zero attached hydrogens (tertiary/aromatic N) is 2. The summed E-state index contributed by atoms with van der Waals surface area (Å²) in [5.41, 5.74) is 15.9. The fraction of sp³-hybridized carbons (Fsp3) is 0.0556. The lowest BCUT2D eigenvalue weighted by Gasteiger charge is -2.11. The highest BCUT2D eigenvalue weighted by Crippen LogP contribution is 2.50. The molecule has 0 radical (unpaired) electrons. The lowest BCUT2D eigenvalue weighted by molar-refractivity contribution is 0.100. The Morgan fingerprint density at radius 1 is 1.12 bits per heavy atom. The summed E-state index contributed by atoms with van der Waals surface area (Å²) < 4.78 is 0. The molecule has 1 unspecified atom stereocenters. The number of anilines is 1.